The number of nitrogens with two attached hydrogens (primary N) is 1. The fraction of sp³-hybridized carbons (Fsp3) is 0.235. The Bertz CT molecular complexity index is 1230. The van der Waals surface area contributed by atoms with E-state index in [1.165, 1.54) is 0 Å². The van der Waals surface area contributed by atoms with Gasteiger partial charge < -0.3 is 5.73 Å². The summed E-state index contributed by atoms with van der Waals surface area (Å²) in [5.74, 6) is 0.381. The van der Waals surface area contributed by atoms with E-state index in [1.807, 2.05) is 24.3 Å². The van der Waals surface area contributed by atoms with Crippen molar-refractivity contribution in [3.05, 3.63) is 36.7 Å². The van der Waals surface area contributed by atoms with Crippen molar-refractivity contribution in [1.82, 2.24) is 29.7 Å². The Labute approximate surface area is 155 Å². The van der Waals surface area contributed by atoms with Crippen LogP contribution in [0.4, 0.5) is 5.82 Å². The van der Waals surface area contributed by atoms with Gasteiger partial charge in [0.1, 0.15) is 5.82 Å². The van der Waals surface area contributed by atoms with Crippen LogP contribution in [0.1, 0.15) is 6.92 Å². The largest absolute Gasteiger partial charge is 0.383 e. The second-order valence-corrected chi connectivity index (χ2v) is 8.35. The fourth-order valence-electron chi connectivity index (χ4n) is 3.25. The number of fused-ring (bicyclic) bond motifs is 3. The van der Waals surface area contributed by atoms with Crippen molar-refractivity contribution in [2.24, 2.45) is 0 Å². The molecule has 0 saturated heterocycles. The number of sulfonamides is 1. The maximum Gasteiger partial charge on any atom is 0.209 e. The quantitative estimate of drug-likeness (QED) is 0.477. The lowest BCUT2D eigenvalue weighted by molar-refractivity contribution is 0.506. The van der Waals surface area contributed by atoms with Crippen LogP contribution < -0.4 is 10.5 Å². The number of rotatable bonds is 5. The lowest BCUT2D eigenvalue weighted by Gasteiger charge is -2.14. The number of nitrogen functional groups attached to an aromatic ring is 1. The van der Waals surface area contributed by atoms with Crippen LogP contribution in [-0.2, 0) is 16.6 Å². The van der Waals surface area contributed by atoms with Gasteiger partial charge in [0, 0.05) is 23.2 Å². The molecule has 3 heterocycles. The summed E-state index contributed by atoms with van der Waals surface area (Å²) in [6, 6.07) is 7.41. The molecule has 4 rings (SSSR count). The molecule has 0 radical (unpaired) electrons. The molecule has 0 amide bonds. The Morgan fingerprint density at radius 1 is 1.30 bits per heavy atom. The van der Waals surface area contributed by atoms with E-state index in [4.69, 9.17) is 5.73 Å². The second-order valence-electron chi connectivity index (χ2n) is 6.57. The average Bonchev–Trinajstić information content (AvgIpc) is 3.23. The molecule has 1 atom stereocenters. The van der Waals surface area contributed by atoms with Crippen LogP contribution in [-0.4, -0.2) is 45.7 Å². The van der Waals surface area contributed by atoms with Gasteiger partial charge in [-0.15, -0.1) is 0 Å². The van der Waals surface area contributed by atoms with E-state index in [2.05, 4.69) is 25.0 Å². The molecule has 0 spiro atoms. The van der Waals surface area contributed by atoms with E-state index < -0.39 is 10.0 Å². The Morgan fingerprint density at radius 2 is 2.11 bits per heavy atom. The SMILES string of the molecule is CC(Cn1ncc2c(N)nc3cc(-c4cc[nH]n4)ccc3c21)NS(C)(=O)=O. The van der Waals surface area contributed by atoms with Gasteiger partial charge in [0.25, 0.3) is 0 Å². The zero-order chi connectivity index (χ0) is 19.2. The Morgan fingerprint density at radius 3 is 2.81 bits per heavy atom. The van der Waals surface area contributed by atoms with Gasteiger partial charge in [-0.05, 0) is 25.1 Å². The molecule has 9 nitrogen and oxygen atoms in total. The second kappa shape index (κ2) is 6.32. The highest BCUT2D eigenvalue weighted by molar-refractivity contribution is 7.88. The average molecular weight is 385 g/mol. The maximum atomic E-state index is 11.5. The number of aromatic nitrogens is 5. The number of H-pyrrole nitrogens is 1. The molecule has 10 heteroatoms. The molecule has 0 bridgehead atoms. The molecular formula is C17H19N7O2S. The van der Waals surface area contributed by atoms with Gasteiger partial charge in [0.05, 0.1) is 41.1 Å². The number of anilines is 1. The number of hydrogen-bond donors (Lipinski definition) is 3. The first-order valence-electron chi connectivity index (χ1n) is 8.34. The molecule has 1 unspecified atom stereocenters. The number of pyridine rings is 1. The molecule has 0 aliphatic heterocycles. The lowest BCUT2D eigenvalue weighted by atomic mass is 10.1. The first-order chi connectivity index (χ1) is 12.8. The van der Waals surface area contributed by atoms with Crippen LogP contribution in [0.5, 0.6) is 0 Å². The predicted molar refractivity (Wildman–Crippen MR) is 104 cm³/mol. The third-order valence-electron chi connectivity index (χ3n) is 4.27. The number of hydrogen-bond acceptors (Lipinski definition) is 6. The van der Waals surface area contributed by atoms with E-state index in [9.17, 15) is 8.42 Å². The third kappa shape index (κ3) is 3.36. The van der Waals surface area contributed by atoms with Gasteiger partial charge in [-0.25, -0.2) is 18.1 Å². The van der Waals surface area contributed by atoms with Crippen molar-refractivity contribution in [3.8, 4) is 11.3 Å². The summed E-state index contributed by atoms with van der Waals surface area (Å²) in [4.78, 5) is 4.50. The minimum atomic E-state index is -3.30. The fourth-order valence-corrected chi connectivity index (χ4v) is 4.06. The zero-order valence-electron chi connectivity index (χ0n) is 14.8. The van der Waals surface area contributed by atoms with Gasteiger partial charge in [0.2, 0.25) is 10.0 Å². The molecule has 0 aliphatic carbocycles. The summed E-state index contributed by atoms with van der Waals surface area (Å²) in [7, 11) is -3.30. The summed E-state index contributed by atoms with van der Waals surface area (Å²) in [6.45, 7) is 2.16. The summed E-state index contributed by atoms with van der Waals surface area (Å²) < 4.78 is 27.3. The molecule has 0 saturated carbocycles. The molecule has 0 fully saturated rings. The van der Waals surface area contributed by atoms with Gasteiger partial charge >= 0.3 is 0 Å². The zero-order valence-corrected chi connectivity index (χ0v) is 15.7. The predicted octanol–water partition coefficient (Wildman–Crippen LogP) is 1.49. The number of nitrogens with one attached hydrogen (secondary N) is 2. The first kappa shape index (κ1) is 17.4. The summed E-state index contributed by atoms with van der Waals surface area (Å²) in [5, 5.41) is 13.0. The molecule has 140 valence electrons. The van der Waals surface area contributed by atoms with Crippen LogP contribution in [0.2, 0.25) is 0 Å². The van der Waals surface area contributed by atoms with Crippen LogP contribution in [0.15, 0.2) is 36.7 Å². The normalized spacial score (nSPS) is 13.4. The standard InChI is InChI=1S/C17H19N7O2S/c1-10(23-27(2,25)26)9-24-16-12-4-3-11(14-5-6-19-22-14)7-15(12)21-17(18)13(16)8-20-24/h3-8,10,23H,9H2,1-2H3,(H2,18,21)(H,19,22). The van der Waals surface area contributed by atoms with E-state index in [0.29, 0.717) is 12.4 Å². The van der Waals surface area contributed by atoms with Crippen LogP contribution in [0.3, 0.4) is 0 Å². The highest BCUT2D eigenvalue weighted by atomic mass is 32.2. The van der Waals surface area contributed by atoms with E-state index >= 15 is 0 Å². The molecule has 0 aliphatic rings. The van der Waals surface area contributed by atoms with Crippen molar-refractivity contribution in [2.75, 3.05) is 12.0 Å². The number of nitrogens with zero attached hydrogens (tertiary/aromatic N) is 4. The summed E-state index contributed by atoms with van der Waals surface area (Å²) in [5.41, 5.74) is 9.43. The lowest BCUT2D eigenvalue weighted by Crippen LogP contribution is -2.35. The van der Waals surface area contributed by atoms with E-state index in [-0.39, 0.29) is 6.04 Å². The number of benzene rings is 1. The van der Waals surface area contributed by atoms with Gasteiger partial charge in [-0.2, -0.15) is 10.2 Å². The molecule has 4 aromatic rings. The summed E-state index contributed by atoms with van der Waals surface area (Å²) >= 11 is 0. The van der Waals surface area contributed by atoms with E-state index in [0.717, 1.165) is 39.3 Å². The van der Waals surface area contributed by atoms with Gasteiger partial charge in [-0.3, -0.25) is 9.78 Å². The highest BCUT2D eigenvalue weighted by Gasteiger charge is 2.16. The minimum Gasteiger partial charge on any atom is -0.383 e. The van der Waals surface area contributed by atoms with Crippen molar-refractivity contribution in [2.45, 2.75) is 19.5 Å². The third-order valence-corrected chi connectivity index (χ3v) is 5.10. The van der Waals surface area contributed by atoms with Gasteiger partial charge in [-0.1, -0.05) is 6.07 Å². The van der Waals surface area contributed by atoms with Crippen LogP contribution in [0, 0.1) is 0 Å². The van der Waals surface area contributed by atoms with Crippen molar-refractivity contribution < 1.29 is 8.42 Å². The van der Waals surface area contributed by atoms with Crippen molar-refractivity contribution >= 4 is 37.6 Å². The van der Waals surface area contributed by atoms with Crippen LogP contribution >= 0.6 is 0 Å². The topological polar surface area (TPSA) is 132 Å². The number of aromatic amines is 1. The van der Waals surface area contributed by atoms with Crippen LogP contribution in [0.25, 0.3) is 33.1 Å². The summed E-state index contributed by atoms with van der Waals surface area (Å²) in [6.07, 6.45) is 4.56. The van der Waals surface area contributed by atoms with Crippen molar-refractivity contribution in [1.29, 1.82) is 0 Å². The Balaban J connectivity index is 1.83. The Kier molecular flexibility index (Phi) is 4.08. The first-order valence-corrected chi connectivity index (χ1v) is 10.2. The van der Waals surface area contributed by atoms with E-state index in [1.54, 1.807) is 24.0 Å². The monoisotopic (exact) mass is 385 g/mol. The minimum absolute atomic E-state index is 0.323. The molecule has 27 heavy (non-hydrogen) atoms. The maximum absolute atomic E-state index is 11.5. The molecular weight excluding hydrogens is 366 g/mol. The van der Waals surface area contributed by atoms with Gasteiger partial charge in [0.15, 0.2) is 0 Å². The molecule has 1 aromatic carbocycles. The smallest absolute Gasteiger partial charge is 0.209 e. The highest BCUT2D eigenvalue weighted by Crippen LogP contribution is 2.30. The van der Waals surface area contributed by atoms with Crippen molar-refractivity contribution in [3.63, 3.8) is 0 Å². The molecule has 3 aromatic heterocycles. The Hall–Kier alpha value is -2.98. The molecule has 4 N–H and O–H groups in total.